The number of hydrogen-bond donors (Lipinski definition) is 2. The summed E-state index contributed by atoms with van der Waals surface area (Å²) in [6, 6.07) is 5.02. The van der Waals surface area contributed by atoms with Gasteiger partial charge < -0.3 is 15.4 Å². The van der Waals surface area contributed by atoms with E-state index in [9.17, 15) is 4.79 Å². The van der Waals surface area contributed by atoms with Crippen LogP contribution in [-0.4, -0.2) is 56.7 Å². The van der Waals surface area contributed by atoms with Gasteiger partial charge in [-0.05, 0) is 18.2 Å². The maximum atomic E-state index is 11.7. The number of carbonyl (C=O) groups excluding carboxylic acids is 1. The summed E-state index contributed by atoms with van der Waals surface area (Å²) in [5.41, 5.74) is 0. The smallest absolute Gasteiger partial charge is 0.223 e. The van der Waals surface area contributed by atoms with Crippen LogP contribution in [0, 0.1) is 0 Å². The van der Waals surface area contributed by atoms with Crippen LogP contribution >= 0.6 is 35.6 Å². The Bertz CT molecular complexity index is 497. The summed E-state index contributed by atoms with van der Waals surface area (Å²) in [6.45, 7) is 5.95. The van der Waals surface area contributed by atoms with Gasteiger partial charge in [-0.25, -0.2) is 0 Å². The number of hydrogen-bond acceptors (Lipinski definition) is 4. The molecule has 0 unspecified atom stereocenters. The number of amides is 1. The molecule has 0 saturated carbocycles. The van der Waals surface area contributed by atoms with Crippen LogP contribution in [0.4, 0.5) is 0 Å². The Kier molecular flexibility index (Phi) is 9.67. The summed E-state index contributed by atoms with van der Waals surface area (Å²) < 4.78 is 5.49. The molecule has 1 fully saturated rings. The molecule has 0 spiro atoms. The van der Waals surface area contributed by atoms with E-state index in [0.29, 0.717) is 35.4 Å². The van der Waals surface area contributed by atoms with E-state index in [1.807, 2.05) is 0 Å². The van der Waals surface area contributed by atoms with Crippen molar-refractivity contribution >= 4 is 41.5 Å². The van der Waals surface area contributed by atoms with Crippen molar-refractivity contribution < 1.29 is 9.53 Å². The minimum Gasteiger partial charge on any atom is -0.491 e. The number of halogens is 3. The summed E-state index contributed by atoms with van der Waals surface area (Å²) in [6.07, 6.45) is 0.306. The lowest BCUT2D eigenvalue weighted by Crippen LogP contribution is -2.46. The number of piperazine rings is 1. The van der Waals surface area contributed by atoms with Gasteiger partial charge in [0.15, 0.2) is 0 Å². The second kappa shape index (κ2) is 10.9. The van der Waals surface area contributed by atoms with Gasteiger partial charge in [-0.15, -0.1) is 12.4 Å². The van der Waals surface area contributed by atoms with Crippen LogP contribution in [0.2, 0.25) is 10.0 Å². The van der Waals surface area contributed by atoms with E-state index in [1.54, 1.807) is 18.2 Å². The Morgan fingerprint density at radius 1 is 1.30 bits per heavy atom. The minimum atomic E-state index is -0.0137. The molecule has 8 heteroatoms. The zero-order valence-corrected chi connectivity index (χ0v) is 15.1. The predicted molar refractivity (Wildman–Crippen MR) is 96.1 cm³/mol. The number of carbonyl (C=O) groups is 1. The lowest BCUT2D eigenvalue weighted by Gasteiger charge is -2.27. The van der Waals surface area contributed by atoms with Gasteiger partial charge in [0.1, 0.15) is 5.75 Å². The average molecular weight is 383 g/mol. The Balaban J connectivity index is 0.00000264. The SMILES string of the molecule is Cl.O=C(CCOc1ccc(Cl)cc1Cl)NCCN1CCNCC1. The lowest BCUT2D eigenvalue weighted by atomic mass is 10.3. The fraction of sp³-hybridized carbons (Fsp3) is 0.533. The van der Waals surface area contributed by atoms with Crippen LogP contribution in [0.1, 0.15) is 6.42 Å². The van der Waals surface area contributed by atoms with E-state index in [2.05, 4.69) is 15.5 Å². The van der Waals surface area contributed by atoms with Crippen LogP contribution in [0.5, 0.6) is 5.75 Å². The van der Waals surface area contributed by atoms with Gasteiger partial charge in [0.25, 0.3) is 0 Å². The first kappa shape index (κ1) is 20.3. The molecule has 2 rings (SSSR count). The van der Waals surface area contributed by atoms with Gasteiger partial charge in [0.2, 0.25) is 5.91 Å². The van der Waals surface area contributed by atoms with Crippen LogP contribution in [0.3, 0.4) is 0 Å². The largest absolute Gasteiger partial charge is 0.491 e. The zero-order valence-electron chi connectivity index (χ0n) is 12.8. The minimum absolute atomic E-state index is 0. The summed E-state index contributed by atoms with van der Waals surface area (Å²) in [5, 5.41) is 7.21. The molecule has 0 radical (unpaired) electrons. The molecule has 1 aromatic rings. The normalized spacial score (nSPS) is 14.9. The van der Waals surface area contributed by atoms with Crippen molar-refractivity contribution in [2.75, 3.05) is 45.9 Å². The highest BCUT2D eigenvalue weighted by Crippen LogP contribution is 2.27. The number of benzene rings is 1. The molecule has 23 heavy (non-hydrogen) atoms. The summed E-state index contributed by atoms with van der Waals surface area (Å²) in [4.78, 5) is 14.1. The van der Waals surface area contributed by atoms with Gasteiger partial charge in [-0.2, -0.15) is 0 Å². The molecule has 0 atom stereocenters. The second-order valence-electron chi connectivity index (χ2n) is 5.11. The first-order valence-corrected chi connectivity index (χ1v) is 8.18. The lowest BCUT2D eigenvalue weighted by molar-refractivity contribution is -0.121. The van der Waals surface area contributed by atoms with Crippen LogP contribution < -0.4 is 15.4 Å². The molecule has 1 aliphatic heterocycles. The molecule has 0 aromatic heterocycles. The average Bonchev–Trinajstić information content (AvgIpc) is 2.50. The van der Waals surface area contributed by atoms with Gasteiger partial charge in [0, 0.05) is 44.3 Å². The fourth-order valence-corrected chi connectivity index (χ4v) is 2.69. The molecule has 1 aromatic carbocycles. The molecular formula is C15H22Cl3N3O2. The zero-order chi connectivity index (χ0) is 15.8. The molecule has 0 bridgehead atoms. The van der Waals surface area contributed by atoms with Crippen molar-refractivity contribution in [1.29, 1.82) is 0 Å². The second-order valence-corrected chi connectivity index (χ2v) is 5.96. The highest BCUT2D eigenvalue weighted by molar-refractivity contribution is 6.35. The highest BCUT2D eigenvalue weighted by atomic mass is 35.5. The summed E-state index contributed by atoms with van der Waals surface area (Å²) in [5.74, 6) is 0.528. The van der Waals surface area contributed by atoms with Gasteiger partial charge in [-0.3, -0.25) is 9.69 Å². The predicted octanol–water partition coefficient (Wildman–Crippen LogP) is 2.21. The highest BCUT2D eigenvalue weighted by Gasteiger charge is 2.09. The molecule has 0 aliphatic carbocycles. The molecule has 1 heterocycles. The van der Waals surface area contributed by atoms with Gasteiger partial charge >= 0.3 is 0 Å². The first-order valence-electron chi connectivity index (χ1n) is 7.43. The monoisotopic (exact) mass is 381 g/mol. The molecule has 2 N–H and O–H groups in total. The molecule has 5 nitrogen and oxygen atoms in total. The van der Waals surface area contributed by atoms with E-state index in [0.717, 1.165) is 32.7 Å². The quantitative estimate of drug-likeness (QED) is 0.759. The Morgan fingerprint density at radius 3 is 2.74 bits per heavy atom. The number of nitrogens with one attached hydrogen (secondary N) is 2. The number of rotatable bonds is 7. The summed E-state index contributed by atoms with van der Waals surface area (Å²) >= 11 is 11.8. The molecular weight excluding hydrogens is 361 g/mol. The third-order valence-corrected chi connectivity index (χ3v) is 3.97. The van der Waals surface area contributed by atoms with E-state index < -0.39 is 0 Å². The van der Waals surface area contributed by atoms with Crippen molar-refractivity contribution in [3.63, 3.8) is 0 Å². The van der Waals surface area contributed by atoms with E-state index >= 15 is 0 Å². The molecule has 130 valence electrons. The van der Waals surface area contributed by atoms with Crippen LogP contribution in [-0.2, 0) is 4.79 Å². The maximum Gasteiger partial charge on any atom is 0.223 e. The van der Waals surface area contributed by atoms with Crippen molar-refractivity contribution in [2.24, 2.45) is 0 Å². The topological polar surface area (TPSA) is 53.6 Å². The van der Waals surface area contributed by atoms with Crippen molar-refractivity contribution in [3.05, 3.63) is 28.2 Å². The Labute approximate surface area is 153 Å². The van der Waals surface area contributed by atoms with Crippen molar-refractivity contribution in [2.45, 2.75) is 6.42 Å². The van der Waals surface area contributed by atoms with E-state index in [1.165, 1.54) is 0 Å². The van der Waals surface area contributed by atoms with E-state index in [4.69, 9.17) is 27.9 Å². The van der Waals surface area contributed by atoms with E-state index in [-0.39, 0.29) is 18.3 Å². The van der Waals surface area contributed by atoms with Crippen LogP contribution in [0.25, 0.3) is 0 Å². The maximum absolute atomic E-state index is 11.7. The third kappa shape index (κ3) is 7.59. The Morgan fingerprint density at radius 2 is 2.04 bits per heavy atom. The molecule has 1 saturated heterocycles. The molecule has 1 amide bonds. The van der Waals surface area contributed by atoms with Crippen LogP contribution in [0.15, 0.2) is 18.2 Å². The van der Waals surface area contributed by atoms with Gasteiger partial charge in [-0.1, -0.05) is 23.2 Å². The third-order valence-electron chi connectivity index (χ3n) is 3.44. The number of ether oxygens (including phenoxy) is 1. The molecule has 1 aliphatic rings. The number of nitrogens with zero attached hydrogens (tertiary/aromatic N) is 1. The van der Waals surface area contributed by atoms with Crippen molar-refractivity contribution in [1.82, 2.24) is 15.5 Å². The Hall–Kier alpha value is -0.720. The first-order chi connectivity index (χ1) is 10.6. The summed E-state index contributed by atoms with van der Waals surface area (Å²) in [7, 11) is 0. The van der Waals surface area contributed by atoms with Crippen molar-refractivity contribution in [3.8, 4) is 5.75 Å². The standard InChI is InChI=1S/C15H21Cl2N3O2.ClH/c16-12-1-2-14(13(17)11-12)22-10-3-15(21)19-6-9-20-7-4-18-5-8-20;/h1-2,11,18H,3-10H2,(H,19,21);1H. The van der Waals surface area contributed by atoms with Gasteiger partial charge in [0.05, 0.1) is 18.1 Å². The fourth-order valence-electron chi connectivity index (χ4n) is 2.22.